The summed E-state index contributed by atoms with van der Waals surface area (Å²) in [6.45, 7) is 7.40. The van der Waals surface area contributed by atoms with Crippen LogP contribution in [0.25, 0.3) is 0 Å². The maximum atomic E-state index is 10.6. The Labute approximate surface area is 205 Å². The van der Waals surface area contributed by atoms with Crippen molar-refractivity contribution in [1.29, 1.82) is 0 Å². The smallest absolute Gasteiger partial charge is 0.854 e. The number of rotatable bonds is 4. The fourth-order valence-corrected chi connectivity index (χ4v) is 10.7. The normalized spacial score (nSPS) is 10.9. The Morgan fingerprint density at radius 1 is 0.619 bits per heavy atom. The summed E-state index contributed by atoms with van der Waals surface area (Å²) in [4.78, 5) is 42.6. The zero-order valence-corrected chi connectivity index (χ0v) is 30.3. The van der Waals surface area contributed by atoms with Crippen LogP contribution in [0.5, 0.6) is 0 Å². The SMILES string of the molecule is CCS(CC)=P([O-])([O-])[S-].CCS(CC)=P([O-])([O-])[S-].[Cd+2].[Cd+2].[Cd+2]. The molecule has 0 aromatic heterocycles. The minimum Gasteiger partial charge on any atom is -0.854 e. The second-order valence-electron chi connectivity index (χ2n) is 2.97. The molecule has 0 aliphatic carbocycles. The molecule has 0 spiro atoms. The van der Waals surface area contributed by atoms with Crippen LogP contribution >= 0.6 is 11.4 Å². The first-order valence-electron chi connectivity index (χ1n) is 5.44. The second-order valence-corrected chi connectivity index (χ2v) is 19.2. The Balaban J connectivity index is -0.0000000711. The molecular weight excluding hydrogens is 688 g/mol. The maximum absolute atomic E-state index is 10.6. The third-order valence-corrected chi connectivity index (χ3v) is 16.6. The van der Waals surface area contributed by atoms with E-state index in [1.165, 1.54) is 0 Å². The van der Waals surface area contributed by atoms with Gasteiger partial charge in [0.25, 0.3) is 0 Å². The average molecular weight is 708 g/mol. The van der Waals surface area contributed by atoms with E-state index in [2.05, 4.69) is 24.5 Å². The van der Waals surface area contributed by atoms with E-state index >= 15 is 0 Å². The third kappa shape index (κ3) is 21.0. The molecule has 0 rings (SSSR count). The largest absolute Gasteiger partial charge is 2.00 e. The molecule has 0 radical (unpaired) electrons. The van der Waals surface area contributed by atoms with Crippen molar-refractivity contribution >= 4 is 56.0 Å². The molecule has 0 aromatic rings. The molecule has 0 aromatic carbocycles. The van der Waals surface area contributed by atoms with E-state index in [0.29, 0.717) is 23.0 Å². The summed E-state index contributed by atoms with van der Waals surface area (Å²) in [7, 11) is -1.08. The summed E-state index contributed by atoms with van der Waals surface area (Å²) < 4.78 is 0. The molecule has 0 bridgehead atoms. The molecule has 21 heavy (non-hydrogen) atoms. The fraction of sp³-hybridized carbons (Fsp3) is 1.00. The molecule has 0 amide bonds. The maximum Gasteiger partial charge on any atom is 2.00 e. The Morgan fingerprint density at radius 3 is 0.762 bits per heavy atom. The summed E-state index contributed by atoms with van der Waals surface area (Å²) in [5.41, 5.74) is -6.83. The van der Waals surface area contributed by atoms with Crippen LogP contribution in [-0.4, -0.2) is 23.0 Å². The molecule has 0 saturated heterocycles. The van der Waals surface area contributed by atoms with Crippen LogP contribution in [0.3, 0.4) is 0 Å². The van der Waals surface area contributed by atoms with Gasteiger partial charge in [-0.2, -0.15) is 0 Å². The first-order valence-corrected chi connectivity index (χ1v) is 15.1. The summed E-state index contributed by atoms with van der Waals surface area (Å²) in [6, 6.07) is 0. The molecule has 4 nitrogen and oxygen atoms in total. The summed E-state index contributed by atoms with van der Waals surface area (Å²) in [5.74, 6) is 2.67. The minimum absolute atomic E-state index is 0. The van der Waals surface area contributed by atoms with Gasteiger partial charge >= 0.3 is 81.9 Å². The zero-order chi connectivity index (χ0) is 15.0. The van der Waals surface area contributed by atoms with Gasteiger partial charge in [-0.15, -0.1) is 0 Å². The molecule has 0 heterocycles. The summed E-state index contributed by atoms with van der Waals surface area (Å²) in [5, 5.41) is 0. The van der Waals surface area contributed by atoms with Crippen molar-refractivity contribution in [3.05, 3.63) is 0 Å². The molecule has 13 heteroatoms. The van der Waals surface area contributed by atoms with E-state index in [0.717, 1.165) is 0 Å². The van der Waals surface area contributed by atoms with Gasteiger partial charge in [-0.25, -0.2) is 20.1 Å². The standard InChI is InChI=1S/2C4H10O2PS2.3Cd/c2*1-3-9(4-2)7(5,6)8;;;/h2*3-4H2,1-2H3;;;/q2*-3;3*+2. The van der Waals surface area contributed by atoms with E-state index in [1.807, 2.05) is 27.7 Å². The molecule has 0 unspecified atom stereocenters. The van der Waals surface area contributed by atoms with Crippen molar-refractivity contribution in [1.82, 2.24) is 0 Å². The van der Waals surface area contributed by atoms with Gasteiger partial charge in [-0.05, 0) is 23.0 Å². The van der Waals surface area contributed by atoms with E-state index in [-0.39, 0.29) is 81.9 Å². The Morgan fingerprint density at radius 2 is 0.762 bits per heavy atom. The van der Waals surface area contributed by atoms with Gasteiger partial charge in [0.2, 0.25) is 0 Å². The van der Waals surface area contributed by atoms with E-state index in [1.54, 1.807) is 0 Å². The van der Waals surface area contributed by atoms with Gasteiger partial charge in [0.05, 0.1) is 0 Å². The van der Waals surface area contributed by atoms with Crippen LogP contribution in [0.1, 0.15) is 27.7 Å². The topological polar surface area (TPSA) is 92.2 Å². The fourth-order valence-electron chi connectivity index (χ4n) is 1.04. The van der Waals surface area contributed by atoms with Crippen molar-refractivity contribution in [2.75, 3.05) is 23.0 Å². The van der Waals surface area contributed by atoms with Gasteiger partial charge in [0.15, 0.2) is 0 Å². The average Bonchev–Trinajstić information content (AvgIpc) is 2.17. The minimum atomic E-state index is -3.41. The molecule has 0 aliphatic heterocycles. The predicted octanol–water partition coefficient (Wildman–Crippen LogP) is -0.828. The van der Waals surface area contributed by atoms with Crippen molar-refractivity contribution in [2.24, 2.45) is 0 Å². The molecular formula is C8H20Cd3O4P2S4. The molecule has 0 aliphatic rings. The zero-order valence-electron chi connectivity index (χ0n) is 13.1. The molecule has 0 N–H and O–H groups in total. The van der Waals surface area contributed by atoms with E-state index in [9.17, 15) is 19.6 Å². The van der Waals surface area contributed by atoms with Crippen molar-refractivity contribution in [3.8, 4) is 0 Å². The number of hydrogen-bond acceptors (Lipinski definition) is 6. The number of hydrogen-bond donors (Lipinski definition) is 0. The Hall–Kier alpha value is 4.87. The molecule has 116 valence electrons. The Bertz CT molecular complexity index is 297. The van der Waals surface area contributed by atoms with Gasteiger partial charge in [-0.1, -0.05) is 27.7 Å². The monoisotopic (exact) mass is 712 g/mol. The first-order chi connectivity index (χ1) is 8.04. The van der Waals surface area contributed by atoms with Crippen LogP contribution in [-0.2, 0) is 127 Å². The van der Waals surface area contributed by atoms with Crippen molar-refractivity contribution < 1.29 is 101 Å². The quantitative estimate of drug-likeness (QED) is 0.216. The van der Waals surface area contributed by atoms with Gasteiger partial charge in [0.1, 0.15) is 0 Å². The molecule has 0 fully saturated rings. The van der Waals surface area contributed by atoms with E-state index < -0.39 is 31.5 Å². The van der Waals surface area contributed by atoms with Crippen LogP contribution in [0.4, 0.5) is 0 Å². The third-order valence-electron chi connectivity index (χ3n) is 1.97. The second kappa shape index (κ2) is 19.6. The van der Waals surface area contributed by atoms with Crippen LogP contribution < -0.4 is 19.6 Å². The first kappa shape index (κ1) is 36.7. The van der Waals surface area contributed by atoms with Gasteiger partial charge in [-0.3, -0.25) is 0 Å². The van der Waals surface area contributed by atoms with Crippen molar-refractivity contribution in [3.63, 3.8) is 0 Å². The van der Waals surface area contributed by atoms with Crippen molar-refractivity contribution in [2.45, 2.75) is 27.7 Å². The van der Waals surface area contributed by atoms with Crippen LogP contribution in [0, 0.1) is 0 Å². The predicted molar refractivity (Wildman–Crippen MR) is 85.5 cm³/mol. The summed E-state index contributed by atoms with van der Waals surface area (Å²) in [6.07, 6.45) is 0. The van der Waals surface area contributed by atoms with Gasteiger partial charge < -0.3 is 55.5 Å². The Kier molecular flexibility index (Phi) is 34.3. The van der Waals surface area contributed by atoms with Crippen LogP contribution in [0.15, 0.2) is 0 Å². The molecule has 0 atom stereocenters. The van der Waals surface area contributed by atoms with E-state index in [4.69, 9.17) is 0 Å². The summed E-state index contributed by atoms with van der Waals surface area (Å²) >= 11 is 8.63. The van der Waals surface area contributed by atoms with Crippen LogP contribution in [0.2, 0.25) is 0 Å². The molecule has 0 saturated carbocycles. The van der Waals surface area contributed by atoms with Gasteiger partial charge in [0, 0.05) is 0 Å².